The standard InChI is InChI=1S/C24H26P.Na/c1-14-10-16(3)22(17(4)11-14)20-8-7-9-21(24(20)25)23-18(5)12-15(2)13-19(23)6;/h7-13,25H,1-6H3;/q-1;+1. The number of rotatable bonds is 2. The van der Waals surface area contributed by atoms with Gasteiger partial charge < -0.3 is 9.24 Å². The number of hydrogen-bond donors (Lipinski definition) is 0. The second kappa shape index (κ2) is 8.41. The van der Waals surface area contributed by atoms with Crippen LogP contribution in [-0.4, -0.2) is 0 Å². The van der Waals surface area contributed by atoms with Crippen LogP contribution in [0.25, 0.3) is 22.3 Å². The smallest absolute Gasteiger partial charge is 0.523 e. The first-order valence-corrected chi connectivity index (χ1v) is 9.30. The van der Waals surface area contributed by atoms with Crippen LogP contribution in [0.2, 0.25) is 0 Å². The van der Waals surface area contributed by atoms with E-state index >= 15 is 0 Å². The van der Waals surface area contributed by atoms with Crippen molar-refractivity contribution in [3.8, 4) is 22.3 Å². The van der Waals surface area contributed by atoms with Crippen molar-refractivity contribution in [3.05, 3.63) is 75.8 Å². The first kappa shape index (κ1) is 21.4. The van der Waals surface area contributed by atoms with Gasteiger partial charge in [-0.05, 0) is 86.1 Å². The molecule has 0 fully saturated rings. The Morgan fingerprint density at radius 1 is 0.577 bits per heavy atom. The molecule has 0 aliphatic rings. The fourth-order valence-corrected chi connectivity index (χ4v) is 4.60. The van der Waals surface area contributed by atoms with Crippen LogP contribution in [0.5, 0.6) is 0 Å². The van der Waals surface area contributed by atoms with Crippen LogP contribution >= 0.6 is 9.24 Å². The molecule has 0 saturated heterocycles. The first-order valence-electron chi connectivity index (χ1n) is 8.80. The Hall–Kier alpha value is -0.910. The molecule has 0 unspecified atom stereocenters. The summed E-state index contributed by atoms with van der Waals surface area (Å²) in [6.07, 6.45) is 0. The van der Waals surface area contributed by atoms with Crippen LogP contribution in [0, 0.1) is 41.5 Å². The van der Waals surface area contributed by atoms with E-state index in [2.05, 4.69) is 93.2 Å². The Bertz CT molecular complexity index is 848. The number of aryl methyl sites for hydroxylation is 6. The molecule has 0 aliphatic heterocycles. The Morgan fingerprint density at radius 2 is 0.885 bits per heavy atom. The van der Waals surface area contributed by atoms with Crippen LogP contribution in [0.15, 0.2) is 42.5 Å². The Morgan fingerprint density at radius 3 is 1.19 bits per heavy atom. The van der Waals surface area contributed by atoms with E-state index in [0.717, 1.165) is 0 Å². The summed E-state index contributed by atoms with van der Waals surface area (Å²) in [5, 5.41) is 1.17. The molecule has 0 atom stereocenters. The van der Waals surface area contributed by atoms with Gasteiger partial charge in [0.15, 0.2) is 0 Å². The van der Waals surface area contributed by atoms with Gasteiger partial charge >= 0.3 is 29.6 Å². The molecule has 0 aromatic heterocycles. The van der Waals surface area contributed by atoms with Crippen LogP contribution < -0.4 is 34.9 Å². The van der Waals surface area contributed by atoms with Gasteiger partial charge in [-0.3, -0.25) is 0 Å². The molecule has 0 spiro atoms. The van der Waals surface area contributed by atoms with E-state index in [-0.39, 0.29) is 29.6 Å². The largest absolute Gasteiger partial charge is 1.00 e. The summed E-state index contributed by atoms with van der Waals surface area (Å²) in [6.45, 7) is 13.1. The SMILES string of the molecule is Cc1cc(C)c(-c2cccc(-c3c(C)cc(C)cc3C)c2[PH-])c(C)c1.[Na+]. The zero-order chi connectivity index (χ0) is 18.3. The van der Waals surface area contributed by atoms with Crippen LogP contribution in [0.1, 0.15) is 33.4 Å². The zero-order valence-corrected chi connectivity index (χ0v) is 20.0. The molecule has 0 aliphatic carbocycles. The van der Waals surface area contributed by atoms with E-state index in [0.29, 0.717) is 0 Å². The normalized spacial score (nSPS) is 10.6. The molecule has 0 saturated carbocycles. The van der Waals surface area contributed by atoms with Crippen LogP contribution in [0.4, 0.5) is 0 Å². The van der Waals surface area contributed by atoms with Crippen molar-refractivity contribution in [3.63, 3.8) is 0 Å². The molecule has 128 valence electrons. The minimum atomic E-state index is 0. The van der Waals surface area contributed by atoms with Crippen molar-refractivity contribution < 1.29 is 29.6 Å². The third kappa shape index (κ3) is 4.00. The summed E-state index contributed by atoms with van der Waals surface area (Å²) in [5.41, 5.74) is 13.1. The summed E-state index contributed by atoms with van der Waals surface area (Å²) in [7, 11) is 3.99. The summed E-state index contributed by atoms with van der Waals surface area (Å²) < 4.78 is 0. The molecule has 0 bridgehead atoms. The van der Waals surface area contributed by atoms with Gasteiger partial charge in [-0.25, -0.2) is 0 Å². The Labute approximate surface area is 182 Å². The summed E-state index contributed by atoms with van der Waals surface area (Å²) >= 11 is 0. The molecule has 3 aromatic carbocycles. The van der Waals surface area contributed by atoms with Gasteiger partial charge in [-0.2, -0.15) is 5.30 Å². The summed E-state index contributed by atoms with van der Waals surface area (Å²) in [6, 6.07) is 15.7. The predicted octanol–water partition coefficient (Wildman–Crippen LogP) is 3.64. The number of hydrogen-bond acceptors (Lipinski definition) is 0. The molecule has 26 heavy (non-hydrogen) atoms. The van der Waals surface area contributed by atoms with Crippen molar-refractivity contribution in [2.24, 2.45) is 0 Å². The second-order valence-electron chi connectivity index (χ2n) is 7.28. The number of benzene rings is 3. The minimum absolute atomic E-state index is 0. The van der Waals surface area contributed by atoms with Crippen molar-refractivity contribution in [2.75, 3.05) is 0 Å². The van der Waals surface area contributed by atoms with Gasteiger partial charge in [0, 0.05) is 0 Å². The molecule has 0 radical (unpaired) electrons. The van der Waals surface area contributed by atoms with Gasteiger partial charge in [-0.15, -0.1) is 0 Å². The molecule has 0 heterocycles. The third-order valence-electron chi connectivity index (χ3n) is 4.96. The maximum absolute atomic E-state index is 3.99. The molecule has 3 rings (SSSR count). The summed E-state index contributed by atoms with van der Waals surface area (Å²) in [5.74, 6) is 0. The van der Waals surface area contributed by atoms with Gasteiger partial charge in [-0.1, -0.05) is 53.6 Å². The minimum Gasteiger partial charge on any atom is -0.523 e. The average Bonchev–Trinajstić information content (AvgIpc) is 2.48. The molecule has 3 aromatic rings. The molecule has 0 amide bonds. The van der Waals surface area contributed by atoms with Gasteiger partial charge in [0.1, 0.15) is 0 Å². The van der Waals surface area contributed by atoms with E-state index in [9.17, 15) is 0 Å². The maximum atomic E-state index is 3.99. The zero-order valence-electron chi connectivity index (χ0n) is 17.0. The predicted molar refractivity (Wildman–Crippen MR) is 114 cm³/mol. The third-order valence-corrected chi connectivity index (χ3v) is 5.50. The monoisotopic (exact) mass is 368 g/mol. The van der Waals surface area contributed by atoms with E-state index < -0.39 is 0 Å². The van der Waals surface area contributed by atoms with Crippen molar-refractivity contribution in [1.82, 2.24) is 0 Å². The molecule has 2 heteroatoms. The van der Waals surface area contributed by atoms with Gasteiger partial charge in [0.2, 0.25) is 0 Å². The van der Waals surface area contributed by atoms with Crippen molar-refractivity contribution in [2.45, 2.75) is 41.5 Å². The topological polar surface area (TPSA) is 0 Å². The van der Waals surface area contributed by atoms with E-state index in [1.807, 2.05) is 0 Å². The fourth-order valence-electron chi connectivity index (χ4n) is 4.18. The molecule has 0 N–H and O–H groups in total. The average molecular weight is 368 g/mol. The Balaban J connectivity index is 0.00000243. The van der Waals surface area contributed by atoms with E-state index in [1.54, 1.807) is 0 Å². The molecular weight excluding hydrogens is 342 g/mol. The van der Waals surface area contributed by atoms with Crippen LogP contribution in [0.3, 0.4) is 0 Å². The van der Waals surface area contributed by atoms with E-state index in [4.69, 9.17) is 0 Å². The fraction of sp³-hybridized carbons (Fsp3) is 0.250. The second-order valence-corrected chi connectivity index (χ2v) is 7.78. The quantitative estimate of drug-likeness (QED) is 0.479. The van der Waals surface area contributed by atoms with E-state index in [1.165, 1.54) is 60.9 Å². The Kier molecular flexibility index (Phi) is 6.92. The first-order chi connectivity index (χ1) is 11.8. The van der Waals surface area contributed by atoms with Gasteiger partial charge in [0.25, 0.3) is 0 Å². The molecular formula is C24H26NaP. The van der Waals surface area contributed by atoms with Gasteiger partial charge in [0.05, 0.1) is 0 Å². The van der Waals surface area contributed by atoms with Crippen molar-refractivity contribution in [1.29, 1.82) is 0 Å². The maximum Gasteiger partial charge on any atom is 1.00 e. The van der Waals surface area contributed by atoms with Crippen LogP contribution in [-0.2, 0) is 0 Å². The van der Waals surface area contributed by atoms with Crippen molar-refractivity contribution >= 4 is 14.5 Å². The molecule has 0 nitrogen and oxygen atoms in total. The summed E-state index contributed by atoms with van der Waals surface area (Å²) in [4.78, 5) is 0.